The topological polar surface area (TPSA) is 28.2 Å². The molecule has 2 aromatic rings. The van der Waals surface area contributed by atoms with Crippen molar-refractivity contribution in [2.75, 3.05) is 25.0 Å². The van der Waals surface area contributed by atoms with E-state index >= 15 is 0 Å². The van der Waals surface area contributed by atoms with Gasteiger partial charge in [-0.2, -0.15) is 0 Å². The fourth-order valence-corrected chi connectivity index (χ4v) is 3.28. The van der Waals surface area contributed by atoms with E-state index in [4.69, 9.17) is 0 Å². The molecule has 4 heteroatoms. The average Bonchev–Trinajstić information content (AvgIpc) is 2.96. The van der Waals surface area contributed by atoms with E-state index in [1.54, 1.807) is 11.3 Å². The van der Waals surface area contributed by atoms with E-state index in [-0.39, 0.29) is 0 Å². The molecule has 1 aliphatic rings. The van der Waals surface area contributed by atoms with E-state index in [1.807, 2.05) is 6.07 Å². The largest absolute Gasteiger partial charge is 0.350 e. The van der Waals surface area contributed by atoms with Crippen molar-refractivity contribution in [1.29, 1.82) is 0 Å². The third-order valence-electron chi connectivity index (χ3n) is 3.27. The Morgan fingerprint density at radius 2 is 2.35 bits per heavy atom. The van der Waals surface area contributed by atoms with Gasteiger partial charge in [0.1, 0.15) is 0 Å². The van der Waals surface area contributed by atoms with Gasteiger partial charge in [0.15, 0.2) is 5.13 Å². The summed E-state index contributed by atoms with van der Waals surface area (Å²) >= 11 is 1.78. The summed E-state index contributed by atoms with van der Waals surface area (Å²) < 4.78 is 1.27. The van der Waals surface area contributed by atoms with Gasteiger partial charge in [0, 0.05) is 19.6 Å². The number of para-hydroxylation sites is 1. The second kappa shape index (κ2) is 4.63. The Kier molecular flexibility index (Phi) is 2.99. The number of aromatic nitrogens is 1. The number of anilines is 1. The zero-order valence-corrected chi connectivity index (χ0v) is 10.8. The lowest BCUT2D eigenvalue weighted by Crippen LogP contribution is -2.35. The van der Waals surface area contributed by atoms with Gasteiger partial charge in [-0.3, -0.25) is 0 Å². The number of nitrogens with zero attached hydrogens (tertiary/aromatic N) is 2. The van der Waals surface area contributed by atoms with E-state index in [0.717, 1.165) is 17.2 Å². The average molecular weight is 247 g/mol. The lowest BCUT2D eigenvalue weighted by atomic mass is 10.2. The molecule has 1 N–H and O–H groups in total. The highest BCUT2D eigenvalue weighted by Gasteiger charge is 2.17. The molecule has 1 atom stereocenters. The molecule has 0 aliphatic carbocycles. The summed E-state index contributed by atoms with van der Waals surface area (Å²) in [5.74, 6) is 0. The normalized spacial score (nSPS) is 19.9. The molecule has 1 aromatic heterocycles. The Labute approximate surface area is 105 Å². The number of rotatable bonds is 3. The molecule has 0 amide bonds. The Morgan fingerprint density at radius 1 is 1.47 bits per heavy atom. The summed E-state index contributed by atoms with van der Waals surface area (Å²) in [6.07, 6.45) is 2.59. The van der Waals surface area contributed by atoms with Crippen LogP contribution in [0, 0.1) is 0 Å². The van der Waals surface area contributed by atoms with Gasteiger partial charge in [-0.25, -0.2) is 4.98 Å². The van der Waals surface area contributed by atoms with Crippen LogP contribution in [0.3, 0.4) is 0 Å². The van der Waals surface area contributed by atoms with Crippen LogP contribution in [-0.2, 0) is 0 Å². The Bertz CT molecular complexity index is 469. The number of hydrogen-bond acceptors (Lipinski definition) is 4. The number of nitrogens with one attached hydrogen (secondary N) is 1. The molecule has 3 rings (SSSR count). The minimum absolute atomic E-state index is 0.631. The third-order valence-corrected chi connectivity index (χ3v) is 4.42. The van der Waals surface area contributed by atoms with Crippen molar-refractivity contribution in [2.45, 2.75) is 18.9 Å². The van der Waals surface area contributed by atoms with E-state index in [9.17, 15) is 0 Å². The van der Waals surface area contributed by atoms with Gasteiger partial charge in [-0.15, -0.1) is 0 Å². The van der Waals surface area contributed by atoms with Crippen LogP contribution in [0.1, 0.15) is 12.8 Å². The molecule has 0 spiro atoms. The summed E-state index contributed by atoms with van der Waals surface area (Å²) in [6.45, 7) is 2.22. The number of fused-ring (bicyclic) bond motifs is 1. The van der Waals surface area contributed by atoms with Gasteiger partial charge in [0.05, 0.1) is 10.2 Å². The Hall–Kier alpha value is -1.13. The second-order valence-electron chi connectivity index (χ2n) is 4.64. The third kappa shape index (κ3) is 2.28. The Balaban J connectivity index is 1.77. The molecule has 1 saturated heterocycles. The van der Waals surface area contributed by atoms with E-state index in [0.29, 0.717) is 6.04 Å². The Morgan fingerprint density at radius 3 is 3.12 bits per heavy atom. The molecule has 0 unspecified atom stereocenters. The molecule has 90 valence electrons. The molecule has 1 aromatic carbocycles. The fourth-order valence-electron chi connectivity index (χ4n) is 2.34. The molecule has 0 radical (unpaired) electrons. The smallest absolute Gasteiger partial charge is 0.186 e. The maximum Gasteiger partial charge on any atom is 0.186 e. The number of thiazole rings is 1. The van der Waals surface area contributed by atoms with Gasteiger partial charge in [0.2, 0.25) is 0 Å². The van der Waals surface area contributed by atoms with Crippen LogP contribution in [0.2, 0.25) is 0 Å². The van der Waals surface area contributed by atoms with E-state index < -0.39 is 0 Å². The van der Waals surface area contributed by atoms with Crippen molar-refractivity contribution in [1.82, 2.24) is 10.3 Å². The highest BCUT2D eigenvalue weighted by atomic mass is 32.1. The van der Waals surface area contributed by atoms with Gasteiger partial charge in [0.25, 0.3) is 0 Å². The van der Waals surface area contributed by atoms with Crippen molar-refractivity contribution < 1.29 is 0 Å². The SMILES string of the molecule is CN(C[C@@H]1CCCN1)c1nc2ccccc2s1. The van der Waals surface area contributed by atoms with Crippen LogP contribution in [0.15, 0.2) is 24.3 Å². The van der Waals surface area contributed by atoms with Crippen LogP contribution in [-0.4, -0.2) is 31.2 Å². The number of hydrogen-bond donors (Lipinski definition) is 1. The summed E-state index contributed by atoms with van der Waals surface area (Å²) in [6, 6.07) is 8.97. The van der Waals surface area contributed by atoms with Gasteiger partial charge in [-0.05, 0) is 31.5 Å². The van der Waals surface area contributed by atoms with Crippen molar-refractivity contribution in [3.05, 3.63) is 24.3 Å². The van der Waals surface area contributed by atoms with Crippen molar-refractivity contribution >= 4 is 26.7 Å². The summed E-state index contributed by atoms with van der Waals surface area (Å²) in [5.41, 5.74) is 1.11. The van der Waals surface area contributed by atoms with Crippen LogP contribution in [0.5, 0.6) is 0 Å². The zero-order chi connectivity index (χ0) is 11.7. The minimum atomic E-state index is 0.631. The zero-order valence-electron chi connectivity index (χ0n) is 10.0. The van der Waals surface area contributed by atoms with Crippen molar-refractivity contribution in [3.8, 4) is 0 Å². The van der Waals surface area contributed by atoms with Crippen molar-refractivity contribution in [2.24, 2.45) is 0 Å². The predicted octanol–water partition coefficient (Wildman–Crippen LogP) is 2.48. The van der Waals surface area contributed by atoms with Crippen LogP contribution >= 0.6 is 11.3 Å². The standard InChI is InChI=1S/C13H17N3S/c1-16(9-10-5-4-8-14-10)13-15-11-6-2-3-7-12(11)17-13/h2-3,6-7,10,14H,4-5,8-9H2,1H3/t10-/m0/s1. The molecule has 2 heterocycles. The van der Waals surface area contributed by atoms with Crippen LogP contribution in [0.4, 0.5) is 5.13 Å². The quantitative estimate of drug-likeness (QED) is 0.903. The fraction of sp³-hybridized carbons (Fsp3) is 0.462. The maximum atomic E-state index is 4.67. The predicted molar refractivity (Wildman–Crippen MR) is 73.9 cm³/mol. The number of benzene rings is 1. The monoisotopic (exact) mass is 247 g/mol. The van der Waals surface area contributed by atoms with Crippen LogP contribution < -0.4 is 10.2 Å². The first-order valence-corrected chi connectivity index (χ1v) is 6.95. The summed E-state index contributed by atoms with van der Waals surface area (Å²) in [7, 11) is 2.14. The summed E-state index contributed by atoms with van der Waals surface area (Å²) in [4.78, 5) is 6.94. The van der Waals surface area contributed by atoms with Crippen molar-refractivity contribution in [3.63, 3.8) is 0 Å². The maximum absolute atomic E-state index is 4.67. The number of likely N-dealkylation sites (N-methyl/N-ethyl adjacent to an activating group) is 1. The molecule has 0 bridgehead atoms. The first kappa shape index (κ1) is 11.0. The minimum Gasteiger partial charge on any atom is -0.350 e. The first-order chi connectivity index (χ1) is 8.33. The molecule has 1 aliphatic heterocycles. The van der Waals surface area contributed by atoms with Crippen LogP contribution in [0.25, 0.3) is 10.2 Å². The van der Waals surface area contributed by atoms with Gasteiger partial charge in [-0.1, -0.05) is 23.5 Å². The lowest BCUT2D eigenvalue weighted by Gasteiger charge is -2.20. The molecular weight excluding hydrogens is 230 g/mol. The van der Waals surface area contributed by atoms with E-state index in [1.165, 1.54) is 24.1 Å². The lowest BCUT2D eigenvalue weighted by molar-refractivity contribution is 0.599. The molecular formula is C13H17N3S. The van der Waals surface area contributed by atoms with Gasteiger partial charge < -0.3 is 10.2 Å². The molecule has 17 heavy (non-hydrogen) atoms. The van der Waals surface area contributed by atoms with Gasteiger partial charge >= 0.3 is 0 Å². The van der Waals surface area contributed by atoms with E-state index in [2.05, 4.69) is 40.4 Å². The molecule has 1 fully saturated rings. The molecule has 0 saturated carbocycles. The highest BCUT2D eigenvalue weighted by Crippen LogP contribution is 2.28. The molecule has 3 nitrogen and oxygen atoms in total. The second-order valence-corrected chi connectivity index (χ2v) is 5.65. The summed E-state index contributed by atoms with van der Waals surface area (Å²) in [5, 5.41) is 4.65. The highest BCUT2D eigenvalue weighted by molar-refractivity contribution is 7.22. The first-order valence-electron chi connectivity index (χ1n) is 6.13.